The van der Waals surface area contributed by atoms with Gasteiger partial charge in [0.2, 0.25) is 0 Å². The zero-order valence-corrected chi connectivity index (χ0v) is 11.8. The van der Waals surface area contributed by atoms with E-state index in [0.717, 1.165) is 25.1 Å². The lowest BCUT2D eigenvalue weighted by atomic mass is 9.98. The highest BCUT2D eigenvalue weighted by Crippen LogP contribution is 2.27. The summed E-state index contributed by atoms with van der Waals surface area (Å²) in [6.07, 6.45) is 1.91. The van der Waals surface area contributed by atoms with E-state index in [2.05, 4.69) is 26.1 Å². The van der Waals surface area contributed by atoms with Crippen LogP contribution in [-0.2, 0) is 4.74 Å². The van der Waals surface area contributed by atoms with Crippen LogP contribution >= 0.6 is 11.6 Å². The van der Waals surface area contributed by atoms with Gasteiger partial charge in [0.05, 0.1) is 11.6 Å². The van der Waals surface area contributed by atoms with Crippen LogP contribution < -0.4 is 5.32 Å². The van der Waals surface area contributed by atoms with Crippen molar-refractivity contribution in [2.45, 2.75) is 45.3 Å². The fraction of sp³-hybridized carbons (Fsp3) is 0.692. The van der Waals surface area contributed by atoms with Crippen molar-refractivity contribution < 1.29 is 9.15 Å². The van der Waals surface area contributed by atoms with Crippen LogP contribution in [0.25, 0.3) is 0 Å². The average molecular weight is 260 g/mol. The van der Waals surface area contributed by atoms with Crippen molar-refractivity contribution >= 4 is 11.6 Å². The fourth-order valence-electron chi connectivity index (χ4n) is 1.70. The summed E-state index contributed by atoms with van der Waals surface area (Å²) in [5.74, 6) is 0.892. The van der Waals surface area contributed by atoms with Crippen LogP contribution in [0.4, 0.5) is 0 Å². The van der Waals surface area contributed by atoms with E-state index in [-0.39, 0.29) is 11.6 Å². The molecule has 0 spiro atoms. The minimum Gasteiger partial charge on any atom is -0.448 e. The summed E-state index contributed by atoms with van der Waals surface area (Å²) in [5, 5.41) is 3.84. The Morgan fingerprint density at radius 2 is 2.18 bits per heavy atom. The Labute approximate surface area is 108 Å². The minimum atomic E-state index is -0.107. The second-order valence-corrected chi connectivity index (χ2v) is 5.13. The summed E-state index contributed by atoms with van der Waals surface area (Å²) in [6.45, 7) is 7.16. The molecule has 3 nitrogen and oxygen atoms in total. The maximum absolute atomic E-state index is 5.80. The second-order valence-electron chi connectivity index (χ2n) is 4.75. The Bertz CT molecular complexity index is 336. The average Bonchev–Trinajstić information content (AvgIpc) is 2.71. The van der Waals surface area contributed by atoms with Gasteiger partial charge in [0.25, 0.3) is 0 Å². The third kappa shape index (κ3) is 4.70. The van der Waals surface area contributed by atoms with E-state index in [4.69, 9.17) is 20.8 Å². The molecule has 4 heteroatoms. The zero-order valence-electron chi connectivity index (χ0n) is 11.0. The van der Waals surface area contributed by atoms with Crippen molar-refractivity contribution in [2.75, 3.05) is 13.7 Å². The summed E-state index contributed by atoms with van der Waals surface area (Å²) < 4.78 is 10.9. The van der Waals surface area contributed by atoms with Crippen LogP contribution in [0.5, 0.6) is 0 Å². The third-order valence-corrected chi connectivity index (χ3v) is 3.18. The van der Waals surface area contributed by atoms with Gasteiger partial charge in [-0.3, -0.25) is 0 Å². The van der Waals surface area contributed by atoms with Crippen molar-refractivity contribution in [3.05, 3.63) is 23.1 Å². The van der Waals surface area contributed by atoms with Crippen LogP contribution in [0, 0.1) is 0 Å². The molecule has 0 fully saturated rings. The molecule has 98 valence electrons. The molecule has 1 N–H and O–H groups in total. The van der Waals surface area contributed by atoms with Crippen molar-refractivity contribution in [2.24, 2.45) is 0 Å². The Hall–Kier alpha value is -0.510. The van der Waals surface area contributed by atoms with Gasteiger partial charge in [-0.05, 0) is 57.0 Å². The van der Waals surface area contributed by atoms with E-state index in [0.29, 0.717) is 5.22 Å². The molecule has 0 saturated carbocycles. The zero-order chi connectivity index (χ0) is 12.9. The topological polar surface area (TPSA) is 34.4 Å². The maximum atomic E-state index is 5.80. The predicted molar refractivity (Wildman–Crippen MR) is 70.5 cm³/mol. The van der Waals surface area contributed by atoms with Crippen molar-refractivity contribution in [3.8, 4) is 0 Å². The first-order valence-corrected chi connectivity index (χ1v) is 6.40. The molecule has 0 aliphatic carbocycles. The molecule has 0 aromatic carbocycles. The Morgan fingerprint density at radius 3 is 2.65 bits per heavy atom. The molecule has 0 bridgehead atoms. The molecular formula is C13H22ClNO2. The van der Waals surface area contributed by atoms with Gasteiger partial charge < -0.3 is 14.5 Å². The van der Waals surface area contributed by atoms with Gasteiger partial charge >= 0.3 is 0 Å². The van der Waals surface area contributed by atoms with Gasteiger partial charge in [-0.1, -0.05) is 6.92 Å². The highest BCUT2D eigenvalue weighted by atomic mass is 35.5. The number of rotatable bonds is 7. The molecule has 0 radical (unpaired) electrons. The largest absolute Gasteiger partial charge is 0.448 e. The molecule has 0 aliphatic rings. The lowest BCUT2D eigenvalue weighted by Crippen LogP contribution is -2.27. The van der Waals surface area contributed by atoms with Crippen molar-refractivity contribution in [1.29, 1.82) is 0 Å². The monoisotopic (exact) mass is 259 g/mol. The third-order valence-electron chi connectivity index (χ3n) is 2.98. The normalized spacial score (nSPS) is 13.9. The number of hydrogen-bond acceptors (Lipinski definition) is 3. The Balaban J connectivity index is 2.61. The smallest absolute Gasteiger partial charge is 0.193 e. The van der Waals surface area contributed by atoms with E-state index in [1.54, 1.807) is 13.2 Å². The van der Waals surface area contributed by atoms with E-state index >= 15 is 0 Å². The first-order chi connectivity index (χ1) is 7.98. The first-order valence-electron chi connectivity index (χ1n) is 6.02. The molecule has 1 unspecified atom stereocenters. The molecule has 1 heterocycles. The van der Waals surface area contributed by atoms with Crippen LogP contribution in [0.2, 0.25) is 5.22 Å². The SMILES string of the molecule is CCNC(CCC(C)(C)OC)c1ccc(Cl)o1. The molecule has 0 saturated heterocycles. The molecule has 1 aromatic heterocycles. The number of ether oxygens (including phenoxy) is 1. The van der Waals surface area contributed by atoms with E-state index in [1.165, 1.54) is 0 Å². The maximum Gasteiger partial charge on any atom is 0.193 e. The molecular weight excluding hydrogens is 238 g/mol. The number of methoxy groups -OCH3 is 1. The Kier molecular flexibility index (Phi) is 5.50. The van der Waals surface area contributed by atoms with Gasteiger partial charge in [0.1, 0.15) is 5.76 Å². The second kappa shape index (κ2) is 6.43. The quantitative estimate of drug-likeness (QED) is 0.809. The van der Waals surface area contributed by atoms with Gasteiger partial charge in [0, 0.05) is 7.11 Å². The highest BCUT2D eigenvalue weighted by molar-refractivity contribution is 6.28. The van der Waals surface area contributed by atoms with Crippen molar-refractivity contribution in [1.82, 2.24) is 5.32 Å². The first kappa shape index (κ1) is 14.6. The van der Waals surface area contributed by atoms with Gasteiger partial charge in [-0.15, -0.1) is 0 Å². The summed E-state index contributed by atoms with van der Waals surface area (Å²) in [5.41, 5.74) is -0.107. The van der Waals surface area contributed by atoms with Crippen molar-refractivity contribution in [3.63, 3.8) is 0 Å². The Morgan fingerprint density at radius 1 is 1.47 bits per heavy atom. The molecule has 1 aromatic rings. The summed E-state index contributed by atoms with van der Waals surface area (Å²) in [4.78, 5) is 0. The minimum absolute atomic E-state index is 0.107. The van der Waals surface area contributed by atoms with E-state index in [9.17, 15) is 0 Å². The number of nitrogens with one attached hydrogen (secondary N) is 1. The van der Waals surface area contributed by atoms with Crippen LogP contribution in [0.3, 0.4) is 0 Å². The molecule has 0 amide bonds. The van der Waals surface area contributed by atoms with E-state index in [1.807, 2.05) is 6.07 Å². The highest BCUT2D eigenvalue weighted by Gasteiger charge is 2.21. The lowest BCUT2D eigenvalue weighted by Gasteiger charge is -2.25. The summed E-state index contributed by atoms with van der Waals surface area (Å²) >= 11 is 5.80. The molecule has 17 heavy (non-hydrogen) atoms. The summed E-state index contributed by atoms with van der Waals surface area (Å²) in [7, 11) is 1.74. The van der Waals surface area contributed by atoms with Gasteiger partial charge in [-0.2, -0.15) is 0 Å². The van der Waals surface area contributed by atoms with Gasteiger partial charge in [-0.25, -0.2) is 0 Å². The van der Waals surface area contributed by atoms with Crippen LogP contribution in [0.1, 0.15) is 45.4 Å². The molecule has 1 atom stereocenters. The number of hydrogen-bond donors (Lipinski definition) is 1. The number of halogens is 1. The fourth-order valence-corrected chi connectivity index (χ4v) is 1.85. The summed E-state index contributed by atoms with van der Waals surface area (Å²) in [6, 6.07) is 3.90. The predicted octanol–water partition coefficient (Wildman–Crippen LogP) is 3.79. The standard InChI is InChI=1S/C13H22ClNO2/c1-5-15-10(8-9-13(2,3)16-4)11-6-7-12(14)17-11/h6-7,10,15H,5,8-9H2,1-4H3. The lowest BCUT2D eigenvalue weighted by molar-refractivity contribution is 0.0112. The number of furan rings is 1. The van der Waals surface area contributed by atoms with Gasteiger partial charge in [0.15, 0.2) is 5.22 Å². The van der Waals surface area contributed by atoms with Crippen LogP contribution in [0.15, 0.2) is 16.5 Å². The van der Waals surface area contributed by atoms with Crippen LogP contribution in [-0.4, -0.2) is 19.3 Å². The molecule has 1 rings (SSSR count). The van der Waals surface area contributed by atoms with E-state index < -0.39 is 0 Å². The molecule has 0 aliphatic heterocycles.